The first-order chi connectivity index (χ1) is 13.9. The molecular formula is C21H16F3N3OS. The number of anilines is 1. The van der Waals surface area contributed by atoms with E-state index >= 15 is 0 Å². The molecule has 0 radical (unpaired) electrons. The normalized spacial score (nSPS) is 11.8. The van der Waals surface area contributed by atoms with Gasteiger partial charge in [0, 0.05) is 17.1 Å². The number of halogens is 3. The van der Waals surface area contributed by atoms with Crippen molar-refractivity contribution in [2.24, 2.45) is 0 Å². The van der Waals surface area contributed by atoms with Crippen LogP contribution in [0.25, 0.3) is 16.8 Å². The highest BCUT2D eigenvalue weighted by atomic mass is 32.1. The van der Waals surface area contributed by atoms with Crippen LogP contribution in [0, 0.1) is 11.3 Å². The Hall–Kier alpha value is -3.31. The molecule has 0 bridgehead atoms. The topological polar surface area (TPSA) is 57.9 Å². The summed E-state index contributed by atoms with van der Waals surface area (Å²) in [4.78, 5) is 4.44. The molecule has 0 saturated carbocycles. The zero-order valence-corrected chi connectivity index (χ0v) is 16.1. The molecule has 148 valence electrons. The minimum Gasteiger partial charge on any atom is -0.494 e. The summed E-state index contributed by atoms with van der Waals surface area (Å²) in [5.74, 6) is 0.747. The van der Waals surface area contributed by atoms with Crippen molar-refractivity contribution in [1.82, 2.24) is 4.98 Å². The van der Waals surface area contributed by atoms with E-state index in [-0.39, 0.29) is 11.3 Å². The second kappa shape index (κ2) is 8.80. The standard InChI is InChI=1S/C21H16F3N3OS/c1-2-28-16-9-7-14(8-10-16)19-13-29-20(27-19)15(11-25)12-26-18-6-4-3-5-17(18)21(22,23)24/h3-10,12-13,26H,2H2,1H3. The van der Waals surface area contributed by atoms with E-state index in [1.54, 1.807) is 5.38 Å². The molecule has 0 aliphatic carbocycles. The molecule has 0 saturated heterocycles. The van der Waals surface area contributed by atoms with Crippen molar-refractivity contribution in [2.45, 2.75) is 13.1 Å². The molecule has 0 aliphatic heterocycles. The summed E-state index contributed by atoms with van der Waals surface area (Å²) in [6.45, 7) is 2.47. The van der Waals surface area contributed by atoms with Crippen LogP contribution in [-0.4, -0.2) is 11.6 Å². The van der Waals surface area contributed by atoms with Crippen molar-refractivity contribution in [2.75, 3.05) is 11.9 Å². The van der Waals surface area contributed by atoms with Gasteiger partial charge >= 0.3 is 6.18 Å². The number of nitrogens with one attached hydrogen (secondary N) is 1. The van der Waals surface area contributed by atoms with Crippen molar-refractivity contribution < 1.29 is 17.9 Å². The molecule has 0 atom stereocenters. The van der Waals surface area contributed by atoms with E-state index in [1.807, 2.05) is 37.3 Å². The Labute approximate surface area is 169 Å². The molecule has 0 spiro atoms. The molecule has 2 aromatic carbocycles. The van der Waals surface area contributed by atoms with Crippen LogP contribution in [0.3, 0.4) is 0 Å². The van der Waals surface area contributed by atoms with Crippen LogP contribution in [-0.2, 0) is 6.18 Å². The third-order valence-electron chi connectivity index (χ3n) is 3.92. The Balaban J connectivity index is 1.82. The summed E-state index contributed by atoms with van der Waals surface area (Å²) >= 11 is 1.24. The summed E-state index contributed by atoms with van der Waals surface area (Å²) in [5, 5.41) is 14.2. The number of rotatable bonds is 6. The fourth-order valence-electron chi connectivity index (χ4n) is 2.57. The number of ether oxygens (including phenoxy) is 1. The fraction of sp³-hybridized carbons (Fsp3) is 0.143. The van der Waals surface area contributed by atoms with Crippen molar-refractivity contribution in [3.8, 4) is 23.1 Å². The molecule has 29 heavy (non-hydrogen) atoms. The Bertz CT molecular complexity index is 1050. The van der Waals surface area contributed by atoms with Gasteiger partial charge in [0.1, 0.15) is 22.4 Å². The molecule has 0 unspecified atom stereocenters. The number of hydrogen-bond donors (Lipinski definition) is 1. The van der Waals surface area contributed by atoms with Crippen LogP contribution in [0.2, 0.25) is 0 Å². The Morgan fingerprint density at radius 1 is 1.21 bits per heavy atom. The van der Waals surface area contributed by atoms with Crippen molar-refractivity contribution >= 4 is 22.6 Å². The van der Waals surface area contributed by atoms with Gasteiger partial charge in [-0.05, 0) is 43.3 Å². The summed E-state index contributed by atoms with van der Waals surface area (Å²) in [6.07, 6.45) is -3.25. The zero-order chi connectivity index (χ0) is 20.9. The second-order valence-corrected chi connectivity index (χ2v) is 6.71. The van der Waals surface area contributed by atoms with E-state index in [1.165, 1.54) is 35.7 Å². The zero-order valence-electron chi connectivity index (χ0n) is 15.3. The molecule has 1 N–H and O–H groups in total. The number of para-hydroxylation sites is 1. The molecule has 3 aromatic rings. The van der Waals surface area contributed by atoms with Gasteiger partial charge in [-0.15, -0.1) is 11.3 Å². The summed E-state index contributed by atoms with van der Waals surface area (Å²) in [5.41, 5.74) is 0.733. The SMILES string of the molecule is CCOc1ccc(-c2csc(C(C#N)=CNc3ccccc3C(F)(F)F)n2)cc1. The van der Waals surface area contributed by atoms with Gasteiger partial charge in [-0.3, -0.25) is 0 Å². The predicted molar refractivity (Wildman–Crippen MR) is 107 cm³/mol. The van der Waals surface area contributed by atoms with Crippen LogP contribution < -0.4 is 10.1 Å². The van der Waals surface area contributed by atoms with E-state index in [0.29, 0.717) is 17.3 Å². The van der Waals surface area contributed by atoms with Gasteiger partial charge in [0.2, 0.25) is 0 Å². The number of allylic oxidation sites excluding steroid dienone is 1. The predicted octanol–water partition coefficient (Wildman–Crippen LogP) is 6.20. The summed E-state index contributed by atoms with van der Waals surface area (Å²) in [6, 6.07) is 14.4. The first kappa shape index (κ1) is 20.4. The lowest BCUT2D eigenvalue weighted by molar-refractivity contribution is -0.136. The monoisotopic (exact) mass is 415 g/mol. The van der Waals surface area contributed by atoms with Gasteiger partial charge in [0.25, 0.3) is 0 Å². The third kappa shape index (κ3) is 4.95. The molecular weight excluding hydrogens is 399 g/mol. The van der Waals surface area contributed by atoms with Gasteiger partial charge in [-0.1, -0.05) is 12.1 Å². The molecule has 0 aliphatic rings. The lowest BCUT2D eigenvalue weighted by Crippen LogP contribution is -2.08. The van der Waals surface area contributed by atoms with E-state index in [4.69, 9.17) is 4.74 Å². The highest BCUT2D eigenvalue weighted by molar-refractivity contribution is 7.11. The maximum absolute atomic E-state index is 13.1. The quantitative estimate of drug-likeness (QED) is 0.487. The average Bonchev–Trinajstić information content (AvgIpc) is 3.19. The van der Waals surface area contributed by atoms with Crippen LogP contribution in [0.15, 0.2) is 60.1 Å². The van der Waals surface area contributed by atoms with Crippen LogP contribution in [0.1, 0.15) is 17.5 Å². The van der Waals surface area contributed by atoms with Gasteiger partial charge in [0.15, 0.2) is 0 Å². The van der Waals surface area contributed by atoms with E-state index in [0.717, 1.165) is 17.4 Å². The maximum Gasteiger partial charge on any atom is 0.418 e. The lowest BCUT2D eigenvalue weighted by Gasteiger charge is -2.12. The fourth-order valence-corrected chi connectivity index (χ4v) is 3.36. The van der Waals surface area contributed by atoms with Crippen molar-refractivity contribution in [1.29, 1.82) is 5.26 Å². The molecule has 0 fully saturated rings. The number of nitriles is 1. The minimum absolute atomic E-state index is 0.129. The molecule has 4 nitrogen and oxygen atoms in total. The first-order valence-electron chi connectivity index (χ1n) is 8.64. The first-order valence-corrected chi connectivity index (χ1v) is 9.52. The minimum atomic E-state index is -4.49. The lowest BCUT2D eigenvalue weighted by atomic mass is 10.1. The van der Waals surface area contributed by atoms with Crippen LogP contribution in [0.5, 0.6) is 5.75 Å². The number of benzene rings is 2. The van der Waals surface area contributed by atoms with E-state index in [2.05, 4.69) is 10.3 Å². The summed E-state index contributed by atoms with van der Waals surface area (Å²) in [7, 11) is 0. The molecule has 3 rings (SSSR count). The van der Waals surface area contributed by atoms with Gasteiger partial charge in [-0.25, -0.2) is 4.98 Å². The Morgan fingerprint density at radius 3 is 2.59 bits per heavy atom. The van der Waals surface area contributed by atoms with Crippen molar-refractivity contribution in [3.05, 3.63) is 70.7 Å². The van der Waals surface area contributed by atoms with Crippen LogP contribution >= 0.6 is 11.3 Å². The highest BCUT2D eigenvalue weighted by Crippen LogP contribution is 2.35. The van der Waals surface area contributed by atoms with Gasteiger partial charge < -0.3 is 10.1 Å². The number of aromatic nitrogens is 1. The smallest absolute Gasteiger partial charge is 0.418 e. The van der Waals surface area contributed by atoms with Gasteiger partial charge in [0.05, 0.1) is 23.6 Å². The molecule has 1 aromatic heterocycles. The second-order valence-electron chi connectivity index (χ2n) is 5.85. The number of alkyl halides is 3. The molecule has 0 amide bonds. The van der Waals surface area contributed by atoms with E-state index in [9.17, 15) is 18.4 Å². The third-order valence-corrected chi connectivity index (χ3v) is 4.80. The largest absolute Gasteiger partial charge is 0.494 e. The number of hydrogen-bond acceptors (Lipinski definition) is 5. The maximum atomic E-state index is 13.1. The van der Waals surface area contributed by atoms with Crippen molar-refractivity contribution in [3.63, 3.8) is 0 Å². The average molecular weight is 415 g/mol. The highest BCUT2D eigenvalue weighted by Gasteiger charge is 2.33. The molecule has 1 heterocycles. The van der Waals surface area contributed by atoms with Crippen LogP contribution in [0.4, 0.5) is 18.9 Å². The Morgan fingerprint density at radius 2 is 1.93 bits per heavy atom. The van der Waals surface area contributed by atoms with Gasteiger partial charge in [-0.2, -0.15) is 18.4 Å². The Kier molecular flexibility index (Phi) is 6.20. The molecule has 8 heteroatoms. The summed E-state index contributed by atoms with van der Waals surface area (Å²) < 4.78 is 44.7. The number of thiazole rings is 1. The number of nitrogens with zero attached hydrogens (tertiary/aromatic N) is 2. The van der Waals surface area contributed by atoms with E-state index < -0.39 is 11.7 Å².